The average Bonchev–Trinajstić information content (AvgIpc) is 2.43. The zero-order valence-corrected chi connectivity index (χ0v) is 11.2. The molecule has 0 saturated carbocycles. The van der Waals surface area contributed by atoms with Crippen molar-refractivity contribution in [2.75, 3.05) is 0 Å². The molecular formula is C14H15N3O3. The SMILES string of the molecule is CC(C)C(NC(=O)c1cccc2nccnc12)C(=O)O. The first-order valence-electron chi connectivity index (χ1n) is 6.24. The summed E-state index contributed by atoms with van der Waals surface area (Å²) in [7, 11) is 0. The minimum Gasteiger partial charge on any atom is -0.480 e. The Morgan fingerprint density at radius 2 is 1.90 bits per heavy atom. The summed E-state index contributed by atoms with van der Waals surface area (Å²) in [6.07, 6.45) is 3.04. The van der Waals surface area contributed by atoms with Crippen LogP contribution in [-0.2, 0) is 4.79 Å². The van der Waals surface area contributed by atoms with Crippen molar-refractivity contribution in [3.05, 3.63) is 36.2 Å². The number of para-hydroxylation sites is 1. The first kappa shape index (κ1) is 13.9. The van der Waals surface area contributed by atoms with Crippen LogP contribution >= 0.6 is 0 Å². The van der Waals surface area contributed by atoms with Crippen molar-refractivity contribution in [1.82, 2.24) is 15.3 Å². The number of benzene rings is 1. The van der Waals surface area contributed by atoms with E-state index in [0.717, 1.165) is 0 Å². The average molecular weight is 273 g/mol. The predicted octanol–water partition coefficient (Wildman–Crippen LogP) is 1.47. The summed E-state index contributed by atoms with van der Waals surface area (Å²) in [5, 5.41) is 11.6. The van der Waals surface area contributed by atoms with Gasteiger partial charge in [-0.3, -0.25) is 14.8 Å². The second-order valence-corrected chi connectivity index (χ2v) is 4.76. The number of aromatic nitrogens is 2. The number of aliphatic carboxylic acids is 1. The van der Waals surface area contributed by atoms with E-state index in [1.54, 1.807) is 32.0 Å². The molecule has 0 saturated heterocycles. The number of carbonyl (C=O) groups is 2. The molecule has 2 rings (SSSR count). The monoisotopic (exact) mass is 273 g/mol. The van der Waals surface area contributed by atoms with Gasteiger partial charge in [0.15, 0.2) is 0 Å². The van der Waals surface area contributed by atoms with Gasteiger partial charge in [-0.2, -0.15) is 0 Å². The molecule has 6 heteroatoms. The summed E-state index contributed by atoms with van der Waals surface area (Å²) in [4.78, 5) is 31.6. The van der Waals surface area contributed by atoms with Crippen LogP contribution in [0.5, 0.6) is 0 Å². The van der Waals surface area contributed by atoms with Crippen molar-refractivity contribution in [3.8, 4) is 0 Å². The Balaban J connectivity index is 2.34. The largest absolute Gasteiger partial charge is 0.480 e. The molecule has 0 fully saturated rings. The summed E-state index contributed by atoms with van der Waals surface area (Å²) < 4.78 is 0. The third-order valence-electron chi connectivity index (χ3n) is 2.96. The number of amides is 1. The highest BCUT2D eigenvalue weighted by molar-refractivity contribution is 6.05. The zero-order chi connectivity index (χ0) is 14.7. The number of carboxylic acids is 1. The maximum Gasteiger partial charge on any atom is 0.326 e. The van der Waals surface area contributed by atoms with E-state index in [4.69, 9.17) is 5.11 Å². The summed E-state index contributed by atoms with van der Waals surface area (Å²) in [6, 6.07) is 4.10. The molecule has 104 valence electrons. The van der Waals surface area contributed by atoms with Crippen molar-refractivity contribution in [1.29, 1.82) is 0 Å². The van der Waals surface area contributed by atoms with E-state index in [1.807, 2.05) is 0 Å². The van der Waals surface area contributed by atoms with Crippen molar-refractivity contribution in [2.45, 2.75) is 19.9 Å². The standard InChI is InChI=1S/C14H15N3O3/c1-8(2)11(14(19)20)17-13(18)9-4-3-5-10-12(9)16-7-6-15-10/h3-8,11H,1-2H3,(H,17,18)(H,19,20). The highest BCUT2D eigenvalue weighted by atomic mass is 16.4. The van der Waals surface area contributed by atoms with Crippen molar-refractivity contribution in [3.63, 3.8) is 0 Å². The molecule has 1 unspecified atom stereocenters. The van der Waals surface area contributed by atoms with Crippen LogP contribution in [-0.4, -0.2) is 33.0 Å². The van der Waals surface area contributed by atoms with E-state index in [-0.39, 0.29) is 5.92 Å². The summed E-state index contributed by atoms with van der Waals surface area (Å²) >= 11 is 0. The number of hydrogen-bond acceptors (Lipinski definition) is 4. The second-order valence-electron chi connectivity index (χ2n) is 4.76. The van der Waals surface area contributed by atoms with Crippen molar-refractivity contribution < 1.29 is 14.7 Å². The number of nitrogens with zero attached hydrogens (tertiary/aromatic N) is 2. The maximum absolute atomic E-state index is 12.2. The zero-order valence-electron chi connectivity index (χ0n) is 11.2. The molecule has 0 bridgehead atoms. The van der Waals surface area contributed by atoms with Crippen LogP contribution in [0.15, 0.2) is 30.6 Å². The smallest absolute Gasteiger partial charge is 0.326 e. The van der Waals surface area contributed by atoms with Gasteiger partial charge in [-0.05, 0) is 18.1 Å². The molecule has 0 aliphatic carbocycles. The van der Waals surface area contributed by atoms with E-state index in [0.29, 0.717) is 16.6 Å². The molecular weight excluding hydrogens is 258 g/mol. The third-order valence-corrected chi connectivity index (χ3v) is 2.96. The van der Waals surface area contributed by atoms with Gasteiger partial charge in [0.1, 0.15) is 11.6 Å². The normalized spacial score (nSPS) is 12.3. The lowest BCUT2D eigenvalue weighted by Crippen LogP contribution is -2.44. The molecule has 20 heavy (non-hydrogen) atoms. The summed E-state index contributed by atoms with van der Waals surface area (Å²) in [6.45, 7) is 3.48. The van der Waals surface area contributed by atoms with E-state index in [2.05, 4.69) is 15.3 Å². The lowest BCUT2D eigenvalue weighted by Gasteiger charge is -2.18. The second kappa shape index (κ2) is 5.64. The van der Waals surface area contributed by atoms with Gasteiger partial charge >= 0.3 is 5.97 Å². The van der Waals surface area contributed by atoms with Crippen LogP contribution in [0, 0.1) is 5.92 Å². The van der Waals surface area contributed by atoms with Crippen molar-refractivity contribution in [2.24, 2.45) is 5.92 Å². The topological polar surface area (TPSA) is 92.2 Å². The minimum atomic E-state index is -1.06. The Kier molecular flexibility index (Phi) is 3.93. The molecule has 2 aromatic rings. The molecule has 1 amide bonds. The molecule has 0 aliphatic rings. The van der Waals surface area contributed by atoms with Gasteiger partial charge in [0, 0.05) is 12.4 Å². The molecule has 1 atom stereocenters. The van der Waals surface area contributed by atoms with Crippen LogP contribution < -0.4 is 5.32 Å². The highest BCUT2D eigenvalue weighted by Crippen LogP contribution is 2.14. The molecule has 1 aromatic heterocycles. The fraction of sp³-hybridized carbons (Fsp3) is 0.286. The summed E-state index contributed by atoms with van der Waals surface area (Å²) in [5.41, 5.74) is 1.37. The van der Waals surface area contributed by atoms with Crippen LogP contribution in [0.25, 0.3) is 11.0 Å². The van der Waals surface area contributed by atoms with Crippen LogP contribution in [0.2, 0.25) is 0 Å². The Morgan fingerprint density at radius 3 is 2.55 bits per heavy atom. The lowest BCUT2D eigenvalue weighted by atomic mass is 10.0. The predicted molar refractivity (Wildman–Crippen MR) is 73.3 cm³/mol. The molecule has 2 N–H and O–H groups in total. The van der Waals surface area contributed by atoms with E-state index in [1.165, 1.54) is 12.4 Å². The molecule has 6 nitrogen and oxygen atoms in total. The maximum atomic E-state index is 12.2. The third kappa shape index (κ3) is 2.74. The lowest BCUT2D eigenvalue weighted by molar-refractivity contribution is -0.140. The summed E-state index contributed by atoms with van der Waals surface area (Å²) in [5.74, 6) is -1.73. The van der Waals surface area contributed by atoms with Gasteiger partial charge in [0.05, 0.1) is 11.1 Å². The van der Waals surface area contributed by atoms with Gasteiger partial charge in [-0.15, -0.1) is 0 Å². The number of nitrogens with one attached hydrogen (secondary N) is 1. The number of carbonyl (C=O) groups excluding carboxylic acids is 1. The van der Waals surface area contributed by atoms with Crippen LogP contribution in [0.1, 0.15) is 24.2 Å². The van der Waals surface area contributed by atoms with Crippen LogP contribution in [0.3, 0.4) is 0 Å². The molecule has 1 aromatic carbocycles. The van der Waals surface area contributed by atoms with Crippen molar-refractivity contribution >= 4 is 22.9 Å². The molecule has 0 spiro atoms. The number of rotatable bonds is 4. The van der Waals surface area contributed by atoms with Gasteiger partial charge in [-0.1, -0.05) is 19.9 Å². The number of hydrogen-bond donors (Lipinski definition) is 2. The van der Waals surface area contributed by atoms with E-state index in [9.17, 15) is 9.59 Å². The molecule has 0 aliphatic heterocycles. The Bertz CT molecular complexity index is 650. The molecule has 0 radical (unpaired) electrons. The first-order chi connectivity index (χ1) is 9.50. The van der Waals surface area contributed by atoms with E-state index >= 15 is 0 Å². The van der Waals surface area contributed by atoms with Gasteiger partial charge in [0.2, 0.25) is 0 Å². The molecule has 1 heterocycles. The minimum absolute atomic E-state index is 0.211. The van der Waals surface area contributed by atoms with Gasteiger partial charge in [0.25, 0.3) is 5.91 Å². The van der Waals surface area contributed by atoms with E-state index < -0.39 is 17.9 Å². The van der Waals surface area contributed by atoms with Crippen LogP contribution in [0.4, 0.5) is 0 Å². The number of fused-ring (bicyclic) bond motifs is 1. The fourth-order valence-electron chi connectivity index (χ4n) is 1.91. The highest BCUT2D eigenvalue weighted by Gasteiger charge is 2.24. The fourth-order valence-corrected chi connectivity index (χ4v) is 1.91. The van der Waals surface area contributed by atoms with Gasteiger partial charge in [-0.25, -0.2) is 4.79 Å². The Labute approximate surface area is 115 Å². The first-order valence-corrected chi connectivity index (χ1v) is 6.24. The Hall–Kier alpha value is -2.50. The quantitative estimate of drug-likeness (QED) is 0.880. The van der Waals surface area contributed by atoms with Gasteiger partial charge < -0.3 is 10.4 Å². The Morgan fingerprint density at radius 1 is 1.20 bits per heavy atom. The number of carboxylic acid groups (broad SMARTS) is 1.